The lowest BCUT2D eigenvalue weighted by Gasteiger charge is -2.21. The van der Waals surface area contributed by atoms with Crippen LogP contribution in [-0.2, 0) is 11.8 Å². The number of hydrogen-bond acceptors (Lipinski definition) is 4. The average Bonchev–Trinajstić information content (AvgIpc) is 2.55. The van der Waals surface area contributed by atoms with Crippen LogP contribution in [0.3, 0.4) is 0 Å². The van der Waals surface area contributed by atoms with Crippen molar-refractivity contribution >= 4 is 17.6 Å². The molecule has 1 aliphatic heterocycles. The molecule has 6 heteroatoms. The maximum Gasteiger partial charge on any atom is 0.127 e. The zero-order valence-corrected chi connectivity index (χ0v) is 11.0. The maximum atomic E-state index is 7.63. The van der Waals surface area contributed by atoms with E-state index in [9.17, 15) is 0 Å². The van der Waals surface area contributed by atoms with E-state index in [0.717, 1.165) is 42.3 Å². The number of nitrogen functional groups attached to an aromatic ring is 1. The van der Waals surface area contributed by atoms with Crippen LogP contribution in [0.5, 0.6) is 0 Å². The first-order valence-corrected chi connectivity index (χ1v) is 6.60. The molecule has 0 spiro atoms. The zero-order chi connectivity index (χ0) is 12.4. The summed E-state index contributed by atoms with van der Waals surface area (Å²) < 4.78 is 7.17. The Kier molecular flexibility index (Phi) is 3.73. The second-order valence-electron chi connectivity index (χ2n) is 4.23. The molecule has 0 bridgehead atoms. The van der Waals surface area contributed by atoms with Crippen LogP contribution in [0.15, 0.2) is 5.03 Å². The van der Waals surface area contributed by atoms with Crippen molar-refractivity contribution in [1.29, 1.82) is 5.41 Å². The summed E-state index contributed by atoms with van der Waals surface area (Å²) in [5, 5.41) is 13.5. The van der Waals surface area contributed by atoms with Gasteiger partial charge in [-0.1, -0.05) is 0 Å². The Hall–Kier alpha value is -1.01. The number of hydrogen-bond donors (Lipinski definition) is 2. The first-order chi connectivity index (χ1) is 8.09. The van der Waals surface area contributed by atoms with Gasteiger partial charge < -0.3 is 10.5 Å². The second-order valence-corrected chi connectivity index (χ2v) is 5.52. The van der Waals surface area contributed by atoms with Crippen molar-refractivity contribution in [2.45, 2.75) is 30.0 Å². The van der Waals surface area contributed by atoms with E-state index in [2.05, 4.69) is 5.10 Å². The van der Waals surface area contributed by atoms with Gasteiger partial charge in [-0.2, -0.15) is 5.10 Å². The van der Waals surface area contributed by atoms with Crippen LogP contribution in [0, 0.1) is 12.3 Å². The maximum absolute atomic E-state index is 7.63. The molecule has 1 aliphatic rings. The Morgan fingerprint density at radius 3 is 2.76 bits per heavy atom. The Labute approximate surface area is 105 Å². The molecule has 1 aromatic heterocycles. The third-order valence-electron chi connectivity index (χ3n) is 2.89. The number of thioether (sulfide) groups is 1. The fourth-order valence-electron chi connectivity index (χ4n) is 2.03. The number of aromatic nitrogens is 2. The Balaban J connectivity index is 2.21. The third kappa shape index (κ3) is 2.63. The van der Waals surface area contributed by atoms with Crippen LogP contribution in [-0.4, -0.2) is 34.1 Å². The summed E-state index contributed by atoms with van der Waals surface area (Å²) in [5.74, 6) is 0.102. The number of ether oxygens (including phenoxy) is 1. The van der Waals surface area contributed by atoms with Gasteiger partial charge in [-0.05, 0) is 19.8 Å². The minimum absolute atomic E-state index is 0.102. The van der Waals surface area contributed by atoms with E-state index in [4.69, 9.17) is 15.9 Å². The van der Waals surface area contributed by atoms with Crippen LogP contribution in [0.1, 0.15) is 24.1 Å². The van der Waals surface area contributed by atoms with Crippen LogP contribution in [0.25, 0.3) is 0 Å². The van der Waals surface area contributed by atoms with Gasteiger partial charge in [0.2, 0.25) is 0 Å². The van der Waals surface area contributed by atoms with E-state index in [1.807, 2.05) is 18.7 Å². The normalized spacial score (nSPS) is 17.3. The predicted octanol–water partition coefficient (Wildman–Crippen LogP) is 1.28. The first-order valence-electron chi connectivity index (χ1n) is 5.72. The number of nitrogens with one attached hydrogen (secondary N) is 1. The van der Waals surface area contributed by atoms with Crippen LogP contribution in [0.2, 0.25) is 0 Å². The van der Waals surface area contributed by atoms with E-state index in [0.29, 0.717) is 5.25 Å². The summed E-state index contributed by atoms with van der Waals surface area (Å²) in [7, 11) is 1.90. The van der Waals surface area contributed by atoms with Gasteiger partial charge in [0.1, 0.15) is 10.9 Å². The molecule has 1 fully saturated rings. The van der Waals surface area contributed by atoms with Gasteiger partial charge in [0.25, 0.3) is 0 Å². The second kappa shape index (κ2) is 5.10. The van der Waals surface area contributed by atoms with E-state index >= 15 is 0 Å². The summed E-state index contributed by atoms with van der Waals surface area (Å²) in [5.41, 5.74) is 7.24. The Bertz CT molecular complexity index is 423. The van der Waals surface area contributed by atoms with Gasteiger partial charge in [0.05, 0.1) is 11.3 Å². The van der Waals surface area contributed by atoms with Crippen molar-refractivity contribution in [3.63, 3.8) is 0 Å². The molecule has 1 aromatic rings. The summed E-state index contributed by atoms with van der Waals surface area (Å²) >= 11 is 1.77. The van der Waals surface area contributed by atoms with Gasteiger partial charge >= 0.3 is 0 Å². The molecule has 5 nitrogen and oxygen atoms in total. The monoisotopic (exact) mass is 254 g/mol. The molecule has 3 N–H and O–H groups in total. The molecule has 0 aliphatic carbocycles. The standard InChI is InChI=1S/C11H18N4OS/c1-7-9(10(12)13)11(15(2)14-7)17-8-3-5-16-6-4-8/h8H,3-6H2,1-2H3,(H3,12,13). The van der Waals surface area contributed by atoms with Crippen molar-refractivity contribution in [2.24, 2.45) is 12.8 Å². The molecule has 2 rings (SSSR count). The number of amidine groups is 1. The number of aryl methyl sites for hydroxylation is 2. The lowest BCUT2D eigenvalue weighted by molar-refractivity contribution is 0.1000. The van der Waals surface area contributed by atoms with Crippen molar-refractivity contribution in [3.8, 4) is 0 Å². The molecule has 17 heavy (non-hydrogen) atoms. The van der Waals surface area contributed by atoms with Crippen molar-refractivity contribution < 1.29 is 4.74 Å². The van der Waals surface area contributed by atoms with Gasteiger partial charge in [0, 0.05) is 25.5 Å². The zero-order valence-electron chi connectivity index (χ0n) is 10.2. The molecule has 2 heterocycles. The molecular weight excluding hydrogens is 236 g/mol. The van der Waals surface area contributed by atoms with Crippen molar-refractivity contribution in [1.82, 2.24) is 9.78 Å². The van der Waals surface area contributed by atoms with Gasteiger partial charge in [-0.25, -0.2) is 0 Å². The number of nitrogens with zero attached hydrogens (tertiary/aromatic N) is 2. The smallest absolute Gasteiger partial charge is 0.127 e. The quantitative estimate of drug-likeness (QED) is 0.629. The molecule has 0 unspecified atom stereocenters. The van der Waals surface area contributed by atoms with Gasteiger partial charge in [0.15, 0.2) is 0 Å². The van der Waals surface area contributed by atoms with Crippen LogP contribution in [0.4, 0.5) is 0 Å². The van der Waals surface area contributed by atoms with Gasteiger partial charge in [-0.3, -0.25) is 10.1 Å². The predicted molar refractivity (Wildman–Crippen MR) is 68.7 cm³/mol. The van der Waals surface area contributed by atoms with Crippen molar-refractivity contribution in [3.05, 3.63) is 11.3 Å². The van der Waals surface area contributed by atoms with Crippen LogP contribution >= 0.6 is 11.8 Å². The SMILES string of the molecule is Cc1nn(C)c(SC2CCOCC2)c1C(=N)N. The van der Waals surface area contributed by atoms with E-state index in [-0.39, 0.29) is 5.84 Å². The highest BCUT2D eigenvalue weighted by Crippen LogP contribution is 2.32. The number of rotatable bonds is 3. The molecule has 0 aromatic carbocycles. The highest BCUT2D eigenvalue weighted by molar-refractivity contribution is 8.00. The first kappa shape index (κ1) is 12.4. The van der Waals surface area contributed by atoms with Crippen molar-refractivity contribution in [2.75, 3.05) is 13.2 Å². The minimum atomic E-state index is 0.102. The topological polar surface area (TPSA) is 76.9 Å². The Morgan fingerprint density at radius 1 is 1.53 bits per heavy atom. The highest BCUT2D eigenvalue weighted by atomic mass is 32.2. The summed E-state index contributed by atoms with van der Waals surface area (Å²) in [6.45, 7) is 3.54. The fourth-order valence-corrected chi connectivity index (χ4v) is 3.35. The summed E-state index contributed by atoms with van der Waals surface area (Å²) in [4.78, 5) is 0. The molecule has 1 saturated heterocycles. The van der Waals surface area contributed by atoms with E-state index < -0.39 is 0 Å². The molecule has 0 atom stereocenters. The molecular formula is C11H18N4OS. The highest BCUT2D eigenvalue weighted by Gasteiger charge is 2.22. The molecule has 0 radical (unpaired) electrons. The van der Waals surface area contributed by atoms with E-state index in [1.54, 1.807) is 11.8 Å². The largest absolute Gasteiger partial charge is 0.384 e. The number of nitrogens with two attached hydrogens (primary N) is 1. The minimum Gasteiger partial charge on any atom is -0.384 e. The Morgan fingerprint density at radius 2 is 2.18 bits per heavy atom. The molecule has 0 amide bonds. The van der Waals surface area contributed by atoms with E-state index in [1.165, 1.54) is 0 Å². The fraction of sp³-hybridized carbons (Fsp3) is 0.636. The summed E-state index contributed by atoms with van der Waals surface area (Å²) in [6.07, 6.45) is 2.10. The lowest BCUT2D eigenvalue weighted by Crippen LogP contribution is -2.19. The van der Waals surface area contributed by atoms with Crippen LogP contribution < -0.4 is 5.73 Å². The third-order valence-corrected chi connectivity index (χ3v) is 4.38. The van der Waals surface area contributed by atoms with Gasteiger partial charge in [-0.15, -0.1) is 11.8 Å². The summed E-state index contributed by atoms with van der Waals surface area (Å²) in [6, 6.07) is 0. The molecule has 94 valence electrons. The average molecular weight is 254 g/mol. The lowest BCUT2D eigenvalue weighted by atomic mass is 10.2. The molecule has 0 saturated carbocycles.